The van der Waals surface area contributed by atoms with E-state index in [4.69, 9.17) is 21.6 Å². The van der Waals surface area contributed by atoms with Crippen molar-refractivity contribution >= 4 is 11.6 Å². The van der Waals surface area contributed by atoms with Crippen LogP contribution in [0.5, 0.6) is 0 Å². The van der Waals surface area contributed by atoms with Crippen LogP contribution >= 0.6 is 11.6 Å². The molecule has 0 atom stereocenters. The second-order valence-electron chi connectivity index (χ2n) is 13.6. The fraction of sp³-hybridized carbons (Fsp3) is 0. The third-order valence-corrected chi connectivity index (χ3v) is 10.3. The highest BCUT2D eigenvalue weighted by Gasteiger charge is 2.14. The van der Waals surface area contributed by atoms with Gasteiger partial charge in [-0.3, -0.25) is 9.97 Å². The number of hydrogen-bond acceptors (Lipinski definition) is 2. The molecule has 0 aliphatic carbocycles. The maximum atomic E-state index is 6.91. The standard InChI is InChI=1S/C52H35ClN2/c53-46-32-44(49-23-9-7-21-47(49)42-25-27-51(54-34-42)40-19-11-17-38(29-40)36-13-3-1-4-14-36)31-45(33-46)50-24-10-8-22-48(50)43-26-28-52(55-35-43)41-20-12-18-39(30-41)37-15-5-2-6-16-37/h1-35H. The van der Waals surface area contributed by atoms with E-state index in [2.05, 4.69) is 176 Å². The van der Waals surface area contributed by atoms with Crippen LogP contribution in [0.4, 0.5) is 0 Å². The van der Waals surface area contributed by atoms with Gasteiger partial charge in [0.05, 0.1) is 11.4 Å². The van der Waals surface area contributed by atoms with Crippen LogP contribution in [0.2, 0.25) is 5.02 Å². The van der Waals surface area contributed by atoms with Gasteiger partial charge in [0.2, 0.25) is 0 Å². The Morgan fingerprint density at radius 2 is 0.600 bits per heavy atom. The molecule has 0 unspecified atom stereocenters. The van der Waals surface area contributed by atoms with Gasteiger partial charge < -0.3 is 0 Å². The minimum Gasteiger partial charge on any atom is -0.256 e. The SMILES string of the molecule is Clc1cc(-c2ccccc2-c2ccc(-c3cccc(-c4ccccc4)c3)nc2)cc(-c2ccccc2-c2ccc(-c3cccc(-c4ccccc4)c3)nc2)c1. The lowest BCUT2D eigenvalue weighted by Crippen LogP contribution is -1.91. The first-order chi connectivity index (χ1) is 27.2. The van der Waals surface area contributed by atoms with Crippen LogP contribution in [0.25, 0.3) is 89.3 Å². The van der Waals surface area contributed by atoms with E-state index in [-0.39, 0.29) is 0 Å². The Balaban J connectivity index is 1.02. The maximum Gasteiger partial charge on any atom is 0.0702 e. The molecule has 0 saturated heterocycles. The van der Waals surface area contributed by atoms with Gasteiger partial charge in [0.1, 0.15) is 0 Å². The van der Waals surface area contributed by atoms with Gasteiger partial charge >= 0.3 is 0 Å². The van der Waals surface area contributed by atoms with Crippen molar-refractivity contribution in [2.24, 2.45) is 0 Å². The Morgan fingerprint density at radius 1 is 0.255 bits per heavy atom. The van der Waals surface area contributed by atoms with E-state index in [9.17, 15) is 0 Å². The average molecular weight is 723 g/mol. The van der Waals surface area contributed by atoms with Crippen LogP contribution in [0.1, 0.15) is 0 Å². The summed E-state index contributed by atoms with van der Waals surface area (Å²) in [5.74, 6) is 0. The molecular weight excluding hydrogens is 688 g/mol. The smallest absolute Gasteiger partial charge is 0.0702 e. The Labute approximate surface area is 327 Å². The topological polar surface area (TPSA) is 25.8 Å². The molecule has 9 rings (SSSR count). The van der Waals surface area contributed by atoms with E-state index < -0.39 is 0 Å². The first kappa shape index (κ1) is 33.9. The molecule has 0 saturated carbocycles. The Hall–Kier alpha value is -6.87. The average Bonchev–Trinajstić information content (AvgIpc) is 3.27. The molecule has 0 aliphatic rings. The van der Waals surface area contributed by atoms with E-state index >= 15 is 0 Å². The zero-order chi connectivity index (χ0) is 37.0. The van der Waals surface area contributed by atoms with Crippen molar-refractivity contribution in [3.63, 3.8) is 0 Å². The molecule has 2 aromatic heterocycles. The van der Waals surface area contributed by atoms with Crippen LogP contribution in [-0.2, 0) is 0 Å². The van der Waals surface area contributed by atoms with Crippen molar-refractivity contribution in [3.8, 4) is 89.3 Å². The predicted molar refractivity (Wildman–Crippen MR) is 231 cm³/mol. The molecule has 2 heterocycles. The quantitative estimate of drug-likeness (QED) is 0.156. The third-order valence-electron chi connectivity index (χ3n) is 10.1. The molecule has 0 amide bonds. The molecule has 0 fully saturated rings. The van der Waals surface area contributed by atoms with E-state index in [1.807, 2.05) is 36.7 Å². The van der Waals surface area contributed by atoms with Gasteiger partial charge in [0.25, 0.3) is 0 Å². The van der Waals surface area contributed by atoms with Crippen molar-refractivity contribution in [3.05, 3.63) is 218 Å². The number of benzene rings is 7. The molecule has 0 N–H and O–H groups in total. The molecule has 2 nitrogen and oxygen atoms in total. The molecule has 0 bridgehead atoms. The Morgan fingerprint density at radius 3 is 1.00 bits per heavy atom. The van der Waals surface area contributed by atoms with E-state index in [1.54, 1.807) is 0 Å². The van der Waals surface area contributed by atoms with E-state index in [0.29, 0.717) is 5.02 Å². The van der Waals surface area contributed by atoms with Crippen LogP contribution < -0.4 is 0 Å². The summed E-state index contributed by atoms with van der Waals surface area (Å²) < 4.78 is 0. The van der Waals surface area contributed by atoms with Crippen molar-refractivity contribution in [1.29, 1.82) is 0 Å². The highest BCUT2D eigenvalue weighted by molar-refractivity contribution is 6.31. The Kier molecular flexibility index (Phi) is 9.40. The van der Waals surface area contributed by atoms with Gasteiger partial charge in [-0.1, -0.05) is 169 Å². The molecule has 55 heavy (non-hydrogen) atoms. The molecule has 0 aliphatic heterocycles. The molecule has 3 heteroatoms. The lowest BCUT2D eigenvalue weighted by Gasteiger charge is -2.15. The predicted octanol–water partition coefficient (Wildman–Crippen LogP) is 14.5. The lowest BCUT2D eigenvalue weighted by molar-refractivity contribution is 1.32. The van der Waals surface area contributed by atoms with Gasteiger partial charge in [-0.15, -0.1) is 0 Å². The van der Waals surface area contributed by atoms with Gasteiger partial charge in [-0.25, -0.2) is 0 Å². The van der Waals surface area contributed by atoms with Crippen molar-refractivity contribution in [1.82, 2.24) is 9.97 Å². The van der Waals surface area contributed by atoms with Gasteiger partial charge in [0, 0.05) is 39.7 Å². The fourth-order valence-electron chi connectivity index (χ4n) is 7.30. The first-order valence-electron chi connectivity index (χ1n) is 18.4. The molecule has 0 spiro atoms. The van der Waals surface area contributed by atoms with Crippen molar-refractivity contribution in [2.45, 2.75) is 0 Å². The number of pyridine rings is 2. The summed E-state index contributed by atoms with van der Waals surface area (Å²) in [7, 11) is 0. The molecular formula is C52H35ClN2. The summed E-state index contributed by atoms with van der Waals surface area (Å²) in [6.07, 6.45) is 3.94. The maximum absolute atomic E-state index is 6.91. The Bertz CT molecular complexity index is 2550. The summed E-state index contributed by atoms with van der Waals surface area (Å²) >= 11 is 6.91. The minimum absolute atomic E-state index is 0.677. The summed E-state index contributed by atoms with van der Waals surface area (Å²) in [6.45, 7) is 0. The number of halogens is 1. The van der Waals surface area contributed by atoms with Gasteiger partial charge in [-0.05, 0) is 98.1 Å². The minimum atomic E-state index is 0.677. The lowest BCUT2D eigenvalue weighted by atomic mass is 9.90. The number of aromatic nitrogens is 2. The highest BCUT2D eigenvalue weighted by atomic mass is 35.5. The number of rotatable bonds is 8. The third kappa shape index (κ3) is 7.24. The molecule has 9 aromatic rings. The number of nitrogens with zero attached hydrogens (tertiary/aromatic N) is 2. The second-order valence-corrected chi connectivity index (χ2v) is 14.0. The van der Waals surface area contributed by atoms with Crippen molar-refractivity contribution in [2.75, 3.05) is 0 Å². The van der Waals surface area contributed by atoms with Crippen molar-refractivity contribution < 1.29 is 0 Å². The fourth-order valence-corrected chi connectivity index (χ4v) is 7.53. The van der Waals surface area contributed by atoms with Gasteiger partial charge in [-0.2, -0.15) is 0 Å². The van der Waals surface area contributed by atoms with Gasteiger partial charge in [0.15, 0.2) is 0 Å². The molecule has 260 valence electrons. The normalized spacial score (nSPS) is 11.0. The summed E-state index contributed by atoms with van der Waals surface area (Å²) in [5.41, 5.74) is 17.3. The molecule has 0 radical (unpaired) electrons. The monoisotopic (exact) mass is 722 g/mol. The van der Waals surface area contributed by atoms with Crippen LogP contribution in [-0.4, -0.2) is 9.97 Å². The summed E-state index contributed by atoms with van der Waals surface area (Å²) in [5, 5.41) is 0.677. The zero-order valence-corrected chi connectivity index (χ0v) is 30.7. The second kappa shape index (κ2) is 15.2. The largest absolute Gasteiger partial charge is 0.256 e. The van der Waals surface area contributed by atoms with Crippen LogP contribution in [0.15, 0.2) is 213 Å². The highest BCUT2D eigenvalue weighted by Crippen LogP contribution is 2.39. The van der Waals surface area contributed by atoms with Crippen LogP contribution in [0.3, 0.4) is 0 Å². The first-order valence-corrected chi connectivity index (χ1v) is 18.8. The number of hydrogen-bond donors (Lipinski definition) is 0. The van der Waals surface area contributed by atoms with E-state index in [1.165, 1.54) is 22.3 Å². The van der Waals surface area contributed by atoms with E-state index in [0.717, 1.165) is 67.0 Å². The molecule has 7 aromatic carbocycles. The summed E-state index contributed by atoms with van der Waals surface area (Å²) in [6, 6.07) is 69.7. The van der Waals surface area contributed by atoms with Crippen LogP contribution in [0, 0.1) is 0 Å². The summed E-state index contributed by atoms with van der Waals surface area (Å²) in [4.78, 5) is 9.87. The zero-order valence-electron chi connectivity index (χ0n) is 30.0.